The largest absolute Gasteiger partial charge is 0.392 e. The van der Waals surface area contributed by atoms with Crippen molar-refractivity contribution in [3.63, 3.8) is 0 Å². The van der Waals surface area contributed by atoms with Crippen LogP contribution in [0, 0.1) is 0 Å². The summed E-state index contributed by atoms with van der Waals surface area (Å²) >= 11 is 0. The first-order valence-electron chi connectivity index (χ1n) is 8.02. The number of aliphatic hydroxyl groups excluding tert-OH is 1. The van der Waals surface area contributed by atoms with Crippen LogP contribution < -0.4 is 16.6 Å². The monoisotopic (exact) mass is 343 g/mol. The molecule has 0 saturated heterocycles. The molecule has 132 valence electrons. The minimum Gasteiger partial charge on any atom is -0.392 e. The van der Waals surface area contributed by atoms with E-state index in [0.29, 0.717) is 23.7 Å². The van der Waals surface area contributed by atoms with Crippen molar-refractivity contribution in [1.82, 2.24) is 18.7 Å². The van der Waals surface area contributed by atoms with Gasteiger partial charge >= 0.3 is 5.69 Å². The maximum absolute atomic E-state index is 12.6. The third-order valence-corrected chi connectivity index (χ3v) is 4.09. The average molecular weight is 343 g/mol. The van der Waals surface area contributed by atoms with Crippen molar-refractivity contribution in [2.75, 3.05) is 5.32 Å². The number of aromatic nitrogens is 4. The molecule has 0 spiro atoms. The predicted molar refractivity (Wildman–Crippen MR) is 95.7 cm³/mol. The first kappa shape index (κ1) is 17.0. The van der Waals surface area contributed by atoms with Gasteiger partial charge in [-0.25, -0.2) is 4.79 Å². The number of rotatable bonds is 5. The second kappa shape index (κ2) is 6.56. The Morgan fingerprint density at radius 1 is 1.16 bits per heavy atom. The van der Waals surface area contributed by atoms with E-state index in [1.54, 1.807) is 18.5 Å². The van der Waals surface area contributed by atoms with E-state index >= 15 is 0 Å². The smallest absolute Gasteiger partial charge is 0.332 e. The number of fused-ring (bicyclic) bond motifs is 1. The van der Waals surface area contributed by atoms with Crippen LogP contribution in [0.25, 0.3) is 11.2 Å². The second-order valence-corrected chi connectivity index (χ2v) is 6.11. The van der Waals surface area contributed by atoms with Crippen LogP contribution in [0.2, 0.25) is 0 Å². The van der Waals surface area contributed by atoms with E-state index in [4.69, 9.17) is 0 Å². The van der Waals surface area contributed by atoms with Gasteiger partial charge in [-0.3, -0.25) is 13.9 Å². The maximum Gasteiger partial charge on any atom is 0.332 e. The maximum atomic E-state index is 12.6. The third kappa shape index (κ3) is 3.08. The van der Waals surface area contributed by atoms with Crippen LogP contribution in [0.3, 0.4) is 0 Å². The standard InChI is InChI=1S/C17H21N5O3/c1-11(23)10-22-13-14(20(2)17(25)21(3)15(13)24)19-16(22)18-9-12-7-5-4-6-8-12/h4-8,11,23H,9-10H2,1-3H3,(H,18,19). The number of hydrogen-bond donors (Lipinski definition) is 2. The Morgan fingerprint density at radius 3 is 2.48 bits per heavy atom. The van der Waals surface area contributed by atoms with Crippen LogP contribution in [0.1, 0.15) is 12.5 Å². The molecule has 1 atom stereocenters. The molecule has 0 radical (unpaired) electrons. The molecule has 25 heavy (non-hydrogen) atoms. The van der Waals surface area contributed by atoms with Gasteiger partial charge in [-0.2, -0.15) is 4.98 Å². The van der Waals surface area contributed by atoms with Crippen molar-refractivity contribution in [2.45, 2.75) is 26.1 Å². The number of nitrogens with zero attached hydrogens (tertiary/aromatic N) is 4. The number of anilines is 1. The molecule has 1 aromatic carbocycles. The Bertz CT molecular complexity index is 1010. The molecule has 8 heteroatoms. The average Bonchev–Trinajstić information content (AvgIpc) is 2.95. The topological polar surface area (TPSA) is 94.1 Å². The van der Waals surface area contributed by atoms with Gasteiger partial charge in [-0.1, -0.05) is 30.3 Å². The Hall–Kier alpha value is -2.87. The van der Waals surface area contributed by atoms with Gasteiger partial charge in [0.05, 0.1) is 12.6 Å². The van der Waals surface area contributed by atoms with Crippen LogP contribution in [0.4, 0.5) is 5.95 Å². The zero-order valence-electron chi connectivity index (χ0n) is 14.4. The second-order valence-electron chi connectivity index (χ2n) is 6.11. The summed E-state index contributed by atoms with van der Waals surface area (Å²) in [7, 11) is 3.01. The summed E-state index contributed by atoms with van der Waals surface area (Å²) in [5.74, 6) is 0.443. The highest BCUT2D eigenvalue weighted by Crippen LogP contribution is 2.17. The van der Waals surface area contributed by atoms with E-state index in [2.05, 4.69) is 10.3 Å². The molecule has 3 rings (SSSR count). The zero-order valence-corrected chi connectivity index (χ0v) is 14.4. The summed E-state index contributed by atoms with van der Waals surface area (Å²) < 4.78 is 4.01. The molecule has 2 N–H and O–H groups in total. The van der Waals surface area contributed by atoms with E-state index < -0.39 is 17.4 Å². The molecule has 0 bridgehead atoms. The Morgan fingerprint density at radius 2 is 1.84 bits per heavy atom. The van der Waals surface area contributed by atoms with Crippen molar-refractivity contribution in [2.24, 2.45) is 14.1 Å². The minimum absolute atomic E-state index is 0.196. The first-order chi connectivity index (χ1) is 11.9. The molecule has 0 aliphatic rings. The van der Waals surface area contributed by atoms with Crippen molar-refractivity contribution < 1.29 is 5.11 Å². The fourth-order valence-corrected chi connectivity index (χ4v) is 2.80. The highest BCUT2D eigenvalue weighted by molar-refractivity contribution is 5.74. The summed E-state index contributed by atoms with van der Waals surface area (Å²) in [6.45, 7) is 2.35. The number of hydrogen-bond acceptors (Lipinski definition) is 5. The summed E-state index contributed by atoms with van der Waals surface area (Å²) in [5, 5.41) is 13.0. The lowest BCUT2D eigenvalue weighted by molar-refractivity contribution is 0.175. The van der Waals surface area contributed by atoms with Gasteiger partial charge in [0, 0.05) is 20.6 Å². The fraction of sp³-hybridized carbons (Fsp3) is 0.353. The van der Waals surface area contributed by atoms with Gasteiger partial charge in [0.25, 0.3) is 5.56 Å². The quantitative estimate of drug-likeness (QED) is 0.700. The van der Waals surface area contributed by atoms with Gasteiger partial charge in [0.1, 0.15) is 0 Å². The van der Waals surface area contributed by atoms with Crippen molar-refractivity contribution in [1.29, 1.82) is 0 Å². The van der Waals surface area contributed by atoms with E-state index in [9.17, 15) is 14.7 Å². The number of benzene rings is 1. The molecular weight excluding hydrogens is 322 g/mol. The molecule has 2 heterocycles. The normalized spacial score (nSPS) is 12.5. The van der Waals surface area contributed by atoms with Crippen LogP contribution in [0.5, 0.6) is 0 Å². The number of nitrogens with one attached hydrogen (secondary N) is 1. The first-order valence-corrected chi connectivity index (χ1v) is 8.02. The lowest BCUT2D eigenvalue weighted by atomic mass is 10.2. The van der Waals surface area contributed by atoms with Crippen LogP contribution >= 0.6 is 0 Å². The van der Waals surface area contributed by atoms with Crippen molar-refractivity contribution in [3.8, 4) is 0 Å². The number of imidazole rings is 1. The molecule has 2 aromatic heterocycles. The van der Waals surface area contributed by atoms with Gasteiger partial charge in [-0.15, -0.1) is 0 Å². The van der Waals surface area contributed by atoms with Gasteiger partial charge in [-0.05, 0) is 12.5 Å². The third-order valence-electron chi connectivity index (χ3n) is 4.09. The fourth-order valence-electron chi connectivity index (χ4n) is 2.80. The lowest BCUT2D eigenvalue weighted by Crippen LogP contribution is -2.37. The van der Waals surface area contributed by atoms with E-state index in [1.807, 2.05) is 30.3 Å². The van der Waals surface area contributed by atoms with Crippen LogP contribution in [-0.2, 0) is 27.2 Å². The summed E-state index contributed by atoms with van der Waals surface area (Å²) in [4.78, 5) is 29.1. The Kier molecular flexibility index (Phi) is 4.45. The molecule has 0 aliphatic heterocycles. The summed E-state index contributed by atoms with van der Waals surface area (Å²) in [5.41, 5.74) is 0.776. The highest BCUT2D eigenvalue weighted by atomic mass is 16.3. The zero-order chi connectivity index (χ0) is 18.1. The summed E-state index contributed by atoms with van der Waals surface area (Å²) in [6.07, 6.45) is -0.670. The number of aryl methyl sites for hydroxylation is 1. The van der Waals surface area contributed by atoms with E-state index in [0.717, 1.165) is 10.1 Å². The minimum atomic E-state index is -0.670. The highest BCUT2D eigenvalue weighted by Gasteiger charge is 2.19. The van der Waals surface area contributed by atoms with Crippen molar-refractivity contribution in [3.05, 3.63) is 56.7 Å². The Labute approximate surface area is 144 Å². The van der Waals surface area contributed by atoms with Gasteiger partial charge in [0.15, 0.2) is 11.2 Å². The molecule has 3 aromatic rings. The van der Waals surface area contributed by atoms with Gasteiger partial charge in [0.2, 0.25) is 5.95 Å². The van der Waals surface area contributed by atoms with Gasteiger partial charge < -0.3 is 15.0 Å². The lowest BCUT2D eigenvalue weighted by Gasteiger charge is -2.12. The molecule has 8 nitrogen and oxygen atoms in total. The molecule has 0 aliphatic carbocycles. The molecule has 0 fully saturated rings. The molecular formula is C17H21N5O3. The summed E-state index contributed by atoms with van der Waals surface area (Å²) in [6, 6.07) is 9.77. The van der Waals surface area contributed by atoms with Crippen LogP contribution in [-0.4, -0.2) is 29.9 Å². The predicted octanol–water partition coefficient (Wildman–Crippen LogP) is 0.427. The molecule has 1 unspecified atom stereocenters. The van der Waals surface area contributed by atoms with Crippen molar-refractivity contribution >= 4 is 17.1 Å². The van der Waals surface area contributed by atoms with Crippen LogP contribution in [0.15, 0.2) is 39.9 Å². The SMILES string of the molecule is CC(O)Cn1c(NCc2ccccc2)nc2c1c(=O)n(C)c(=O)n2C. The molecule has 0 saturated carbocycles. The molecule has 0 amide bonds. The number of aliphatic hydroxyl groups is 1. The Balaban J connectivity index is 2.14. The van der Waals surface area contributed by atoms with E-state index in [1.165, 1.54) is 11.6 Å². The van der Waals surface area contributed by atoms with E-state index in [-0.39, 0.29) is 6.54 Å².